The maximum Gasteiger partial charge on any atom is 0.397 e. The van der Waals surface area contributed by atoms with Crippen molar-refractivity contribution in [1.29, 1.82) is 0 Å². The quantitative estimate of drug-likeness (QED) is 0.886. The van der Waals surface area contributed by atoms with E-state index in [1.165, 1.54) is 11.3 Å². The minimum atomic E-state index is -4.46. The lowest BCUT2D eigenvalue weighted by Crippen LogP contribution is -2.27. The molecule has 0 bridgehead atoms. The molecule has 1 rings (SSSR count). The average Bonchev–Trinajstić information content (AvgIpc) is 2.45. The summed E-state index contributed by atoms with van der Waals surface area (Å²) in [6, 6.07) is 3.28. The normalized spacial score (nSPS) is 11.5. The first-order valence-corrected chi connectivity index (χ1v) is 5.14. The maximum absolute atomic E-state index is 11.8. The van der Waals surface area contributed by atoms with Crippen LogP contribution in [0, 0.1) is 0 Å². The molecule has 0 aliphatic heterocycles. The second-order valence-corrected chi connectivity index (χ2v) is 4.57. The Labute approximate surface area is 93.0 Å². The van der Waals surface area contributed by atoms with Gasteiger partial charge < -0.3 is 5.32 Å². The first-order chi connectivity index (χ1) is 6.87. The third kappa shape index (κ3) is 5.03. The molecule has 0 radical (unpaired) electrons. The van der Waals surface area contributed by atoms with Gasteiger partial charge in [0.05, 0.1) is 10.9 Å². The molecule has 0 aliphatic rings. The molecule has 15 heavy (non-hydrogen) atoms. The molecule has 1 aromatic rings. The Kier molecular flexibility index (Phi) is 3.98. The molecule has 1 amide bonds. The van der Waals surface area contributed by atoms with Gasteiger partial charge in [0.2, 0.25) is 5.91 Å². The van der Waals surface area contributed by atoms with E-state index in [2.05, 4.69) is 5.32 Å². The number of hydrogen-bond acceptors (Lipinski definition) is 2. The fourth-order valence-electron chi connectivity index (χ4n) is 0.877. The summed E-state index contributed by atoms with van der Waals surface area (Å²) in [6.07, 6.45) is -5.91. The van der Waals surface area contributed by atoms with Crippen LogP contribution in [0.3, 0.4) is 0 Å². The van der Waals surface area contributed by atoms with Gasteiger partial charge in [-0.1, -0.05) is 11.6 Å². The summed E-state index contributed by atoms with van der Waals surface area (Å²) in [7, 11) is 0. The minimum absolute atomic E-state index is 0.0757. The number of halogens is 4. The predicted molar refractivity (Wildman–Crippen MR) is 51.8 cm³/mol. The molecule has 0 saturated carbocycles. The molecule has 0 unspecified atom stereocenters. The Morgan fingerprint density at radius 1 is 1.47 bits per heavy atom. The lowest BCUT2D eigenvalue weighted by atomic mass is 10.4. The number of alkyl halides is 3. The lowest BCUT2D eigenvalue weighted by Gasteiger charge is -2.06. The van der Waals surface area contributed by atoms with Gasteiger partial charge in [0.25, 0.3) is 0 Å². The van der Waals surface area contributed by atoms with Crippen molar-refractivity contribution in [2.24, 2.45) is 0 Å². The summed E-state index contributed by atoms with van der Waals surface area (Å²) < 4.78 is 35.8. The largest absolute Gasteiger partial charge is 0.397 e. The zero-order valence-corrected chi connectivity index (χ0v) is 8.97. The fourth-order valence-corrected chi connectivity index (χ4v) is 1.90. The van der Waals surface area contributed by atoms with E-state index >= 15 is 0 Å². The lowest BCUT2D eigenvalue weighted by molar-refractivity contribution is -0.153. The van der Waals surface area contributed by atoms with E-state index < -0.39 is 18.5 Å². The Balaban J connectivity index is 2.35. The van der Waals surface area contributed by atoms with Crippen LogP contribution in [0.2, 0.25) is 4.34 Å². The fraction of sp³-hybridized carbons (Fsp3) is 0.375. The zero-order valence-electron chi connectivity index (χ0n) is 7.40. The van der Waals surface area contributed by atoms with Gasteiger partial charge >= 0.3 is 6.18 Å². The van der Waals surface area contributed by atoms with Gasteiger partial charge in [-0.2, -0.15) is 13.2 Å². The summed E-state index contributed by atoms with van der Waals surface area (Å²) >= 11 is 6.83. The van der Waals surface area contributed by atoms with Crippen LogP contribution in [0.4, 0.5) is 13.2 Å². The summed E-state index contributed by atoms with van der Waals surface area (Å²) in [6.45, 7) is 0.0757. The van der Waals surface area contributed by atoms with E-state index in [0.717, 1.165) is 4.88 Å². The van der Waals surface area contributed by atoms with Crippen LogP contribution in [-0.4, -0.2) is 12.1 Å². The third-order valence-corrected chi connectivity index (χ3v) is 2.68. The van der Waals surface area contributed by atoms with E-state index in [0.29, 0.717) is 4.34 Å². The van der Waals surface area contributed by atoms with Crippen molar-refractivity contribution >= 4 is 28.8 Å². The summed E-state index contributed by atoms with van der Waals surface area (Å²) in [5, 5.41) is 2.16. The van der Waals surface area contributed by atoms with Crippen LogP contribution in [0.15, 0.2) is 12.1 Å². The van der Waals surface area contributed by atoms with Gasteiger partial charge in [-0.3, -0.25) is 4.79 Å². The highest BCUT2D eigenvalue weighted by Crippen LogP contribution is 2.22. The van der Waals surface area contributed by atoms with Gasteiger partial charge in [-0.25, -0.2) is 0 Å². The number of amides is 1. The van der Waals surface area contributed by atoms with Gasteiger partial charge in [-0.15, -0.1) is 11.3 Å². The first-order valence-electron chi connectivity index (χ1n) is 3.94. The molecule has 2 nitrogen and oxygen atoms in total. The Morgan fingerprint density at radius 2 is 2.13 bits per heavy atom. The second kappa shape index (κ2) is 4.85. The van der Waals surface area contributed by atoms with Crippen LogP contribution < -0.4 is 5.32 Å². The molecule has 0 spiro atoms. The van der Waals surface area contributed by atoms with Gasteiger partial charge in [0, 0.05) is 4.88 Å². The first kappa shape index (κ1) is 12.3. The van der Waals surface area contributed by atoms with E-state index in [1.807, 2.05) is 0 Å². The molecule has 0 aliphatic carbocycles. The zero-order chi connectivity index (χ0) is 11.5. The Morgan fingerprint density at radius 3 is 2.60 bits per heavy atom. The highest BCUT2D eigenvalue weighted by molar-refractivity contribution is 7.16. The minimum Gasteiger partial charge on any atom is -0.351 e. The molecule has 0 aromatic carbocycles. The molecule has 84 valence electrons. The van der Waals surface area contributed by atoms with Crippen LogP contribution in [0.1, 0.15) is 11.3 Å². The van der Waals surface area contributed by atoms with Crippen LogP contribution in [0.5, 0.6) is 0 Å². The molecule has 1 aromatic heterocycles. The Bertz CT molecular complexity index is 350. The summed E-state index contributed by atoms with van der Waals surface area (Å²) in [5.41, 5.74) is 0. The average molecular weight is 258 g/mol. The Hall–Kier alpha value is -0.750. The SMILES string of the molecule is O=C(CC(F)(F)F)NCc1ccc(Cl)s1. The standard InChI is InChI=1S/C8H7ClF3NOS/c9-6-2-1-5(15-6)4-13-7(14)3-8(10,11)12/h1-2H,3-4H2,(H,13,14). The molecule has 0 saturated heterocycles. The summed E-state index contributed by atoms with van der Waals surface area (Å²) in [5.74, 6) is -1.04. The van der Waals surface area contributed by atoms with Gasteiger partial charge in [0.15, 0.2) is 0 Å². The van der Waals surface area contributed by atoms with Crippen molar-refractivity contribution in [2.45, 2.75) is 19.1 Å². The van der Waals surface area contributed by atoms with E-state index in [4.69, 9.17) is 11.6 Å². The molecule has 0 fully saturated rings. The molecule has 7 heteroatoms. The number of carbonyl (C=O) groups is 1. The van der Waals surface area contributed by atoms with E-state index in [1.54, 1.807) is 12.1 Å². The van der Waals surface area contributed by atoms with Crippen molar-refractivity contribution in [2.75, 3.05) is 0 Å². The highest BCUT2D eigenvalue weighted by Gasteiger charge is 2.30. The monoisotopic (exact) mass is 257 g/mol. The predicted octanol–water partition coefficient (Wildman–Crippen LogP) is 2.97. The van der Waals surface area contributed by atoms with Crippen molar-refractivity contribution in [3.63, 3.8) is 0 Å². The van der Waals surface area contributed by atoms with Crippen LogP contribution in [-0.2, 0) is 11.3 Å². The number of carbonyl (C=O) groups excluding carboxylic acids is 1. The van der Waals surface area contributed by atoms with E-state index in [9.17, 15) is 18.0 Å². The van der Waals surface area contributed by atoms with Crippen molar-refractivity contribution < 1.29 is 18.0 Å². The summed E-state index contributed by atoms with van der Waals surface area (Å²) in [4.78, 5) is 11.5. The molecular weight excluding hydrogens is 251 g/mol. The van der Waals surface area contributed by atoms with E-state index in [-0.39, 0.29) is 6.54 Å². The molecule has 0 atom stereocenters. The molecule has 1 N–H and O–H groups in total. The van der Waals surface area contributed by atoms with Crippen molar-refractivity contribution in [3.8, 4) is 0 Å². The number of hydrogen-bond donors (Lipinski definition) is 1. The number of rotatable bonds is 3. The maximum atomic E-state index is 11.8. The molecule has 1 heterocycles. The smallest absolute Gasteiger partial charge is 0.351 e. The third-order valence-electron chi connectivity index (χ3n) is 1.45. The highest BCUT2D eigenvalue weighted by atomic mass is 35.5. The molecular formula is C8H7ClF3NOS. The topological polar surface area (TPSA) is 29.1 Å². The van der Waals surface area contributed by atoms with Crippen LogP contribution >= 0.6 is 22.9 Å². The number of thiophene rings is 1. The van der Waals surface area contributed by atoms with Crippen molar-refractivity contribution in [1.82, 2.24) is 5.32 Å². The second-order valence-electron chi connectivity index (χ2n) is 2.77. The number of nitrogens with one attached hydrogen (secondary N) is 1. The van der Waals surface area contributed by atoms with Gasteiger partial charge in [-0.05, 0) is 12.1 Å². The van der Waals surface area contributed by atoms with Gasteiger partial charge in [0.1, 0.15) is 6.42 Å². The van der Waals surface area contributed by atoms with Crippen molar-refractivity contribution in [3.05, 3.63) is 21.3 Å². The van der Waals surface area contributed by atoms with Crippen LogP contribution in [0.25, 0.3) is 0 Å².